The number of amides is 1. The average molecular weight is 391 g/mol. The molecule has 0 unspecified atom stereocenters. The van der Waals surface area contributed by atoms with Crippen LogP contribution in [0.3, 0.4) is 0 Å². The second kappa shape index (κ2) is 6.73. The van der Waals surface area contributed by atoms with Gasteiger partial charge in [0, 0.05) is 11.5 Å². The molecule has 1 amide bonds. The largest absolute Gasteiger partial charge is 0.472 e. The number of likely N-dealkylation sites (tertiary alicyclic amines) is 1. The normalized spacial score (nSPS) is 32.6. The number of carbonyl (C=O) groups is 1. The fraction of sp³-hybridized carbons (Fsp3) is 0.560. The summed E-state index contributed by atoms with van der Waals surface area (Å²) in [5.74, 6) is 1.94. The highest BCUT2D eigenvalue weighted by Gasteiger charge is 2.49. The van der Waals surface area contributed by atoms with Crippen LogP contribution in [-0.2, 0) is 5.41 Å². The van der Waals surface area contributed by atoms with Crippen molar-refractivity contribution in [3.05, 3.63) is 59.5 Å². The molecule has 1 N–H and O–H groups in total. The number of furan rings is 1. The van der Waals surface area contributed by atoms with Crippen molar-refractivity contribution in [2.75, 3.05) is 13.1 Å². The van der Waals surface area contributed by atoms with Crippen molar-refractivity contribution >= 4 is 5.91 Å². The Kier molecular flexibility index (Phi) is 4.12. The van der Waals surface area contributed by atoms with Crippen molar-refractivity contribution in [3.63, 3.8) is 0 Å². The third-order valence-corrected chi connectivity index (χ3v) is 8.52. The van der Waals surface area contributed by atoms with E-state index in [1.165, 1.54) is 69.0 Å². The lowest BCUT2D eigenvalue weighted by Crippen LogP contribution is -2.48. The van der Waals surface area contributed by atoms with Crippen LogP contribution in [0.2, 0.25) is 0 Å². The Bertz CT molecular complexity index is 897. The molecule has 4 nitrogen and oxygen atoms in total. The van der Waals surface area contributed by atoms with Crippen LogP contribution in [-0.4, -0.2) is 29.9 Å². The molecule has 3 aliphatic carbocycles. The highest BCUT2D eigenvalue weighted by molar-refractivity contribution is 5.94. The van der Waals surface area contributed by atoms with E-state index in [9.17, 15) is 4.79 Å². The Labute approximate surface area is 172 Å². The lowest BCUT2D eigenvalue weighted by atomic mass is 9.73. The van der Waals surface area contributed by atoms with Crippen LogP contribution < -0.4 is 5.32 Å². The molecular weight excluding hydrogens is 360 g/mol. The Morgan fingerprint density at radius 1 is 1.10 bits per heavy atom. The summed E-state index contributed by atoms with van der Waals surface area (Å²) < 4.78 is 5.09. The van der Waals surface area contributed by atoms with Gasteiger partial charge in [0.05, 0.1) is 17.9 Å². The number of hydrogen-bond donors (Lipinski definition) is 1. The minimum Gasteiger partial charge on any atom is -0.472 e. The van der Waals surface area contributed by atoms with Crippen LogP contribution in [0, 0.1) is 11.8 Å². The monoisotopic (exact) mass is 390 g/mol. The number of nitrogens with zero attached hydrogens (tertiary/aromatic N) is 1. The lowest BCUT2D eigenvalue weighted by molar-refractivity contribution is 0.0791. The molecule has 6 rings (SSSR count). The molecule has 152 valence electrons. The van der Waals surface area contributed by atoms with E-state index >= 15 is 0 Å². The zero-order valence-corrected chi connectivity index (χ0v) is 17.0. The number of benzene rings is 1. The van der Waals surface area contributed by atoms with Crippen LogP contribution in [0.4, 0.5) is 0 Å². The van der Waals surface area contributed by atoms with E-state index in [4.69, 9.17) is 4.42 Å². The van der Waals surface area contributed by atoms with E-state index in [1.54, 1.807) is 12.3 Å². The topological polar surface area (TPSA) is 45.5 Å². The van der Waals surface area contributed by atoms with Gasteiger partial charge in [-0.25, -0.2) is 0 Å². The third kappa shape index (κ3) is 2.87. The fourth-order valence-electron chi connectivity index (χ4n) is 7.07. The van der Waals surface area contributed by atoms with Crippen LogP contribution in [0.5, 0.6) is 0 Å². The van der Waals surface area contributed by atoms with Crippen LogP contribution >= 0.6 is 0 Å². The predicted octanol–water partition coefficient (Wildman–Crippen LogP) is 4.68. The first-order valence-electron chi connectivity index (χ1n) is 11.4. The summed E-state index contributed by atoms with van der Waals surface area (Å²) in [5, 5.41) is 3.28. The van der Waals surface area contributed by atoms with Gasteiger partial charge in [-0.05, 0) is 80.6 Å². The molecule has 1 aromatic heterocycles. The van der Waals surface area contributed by atoms with Crippen molar-refractivity contribution in [1.29, 1.82) is 0 Å². The van der Waals surface area contributed by atoms with E-state index in [1.807, 2.05) is 0 Å². The summed E-state index contributed by atoms with van der Waals surface area (Å²) in [6.45, 7) is 2.43. The summed E-state index contributed by atoms with van der Waals surface area (Å²) in [6.07, 6.45) is 12.4. The zero-order valence-electron chi connectivity index (χ0n) is 17.0. The number of piperidine rings is 1. The summed E-state index contributed by atoms with van der Waals surface area (Å²) >= 11 is 0. The Hall–Kier alpha value is -2.07. The molecule has 3 fully saturated rings. The molecule has 0 radical (unpaired) electrons. The Morgan fingerprint density at radius 3 is 2.69 bits per heavy atom. The van der Waals surface area contributed by atoms with E-state index in [0.29, 0.717) is 5.56 Å². The summed E-state index contributed by atoms with van der Waals surface area (Å²) in [6, 6.07) is 11.5. The van der Waals surface area contributed by atoms with E-state index in [0.717, 1.165) is 24.3 Å². The van der Waals surface area contributed by atoms with Crippen LogP contribution in [0.1, 0.15) is 72.5 Å². The van der Waals surface area contributed by atoms with E-state index in [2.05, 4.69) is 34.5 Å². The van der Waals surface area contributed by atoms with Gasteiger partial charge in [0.1, 0.15) is 6.26 Å². The Morgan fingerprint density at radius 2 is 1.97 bits per heavy atom. The first-order valence-corrected chi connectivity index (χ1v) is 11.4. The third-order valence-electron chi connectivity index (χ3n) is 8.52. The molecular formula is C25H30N2O2. The molecule has 4 heteroatoms. The van der Waals surface area contributed by atoms with E-state index < -0.39 is 0 Å². The van der Waals surface area contributed by atoms with Gasteiger partial charge < -0.3 is 14.6 Å². The minimum atomic E-state index is -0.0324. The van der Waals surface area contributed by atoms with Gasteiger partial charge >= 0.3 is 0 Å². The number of fused-ring (bicyclic) bond motifs is 4. The number of nitrogens with one attached hydrogen (secondary N) is 1. The van der Waals surface area contributed by atoms with Gasteiger partial charge in [0.15, 0.2) is 0 Å². The number of hydrogen-bond acceptors (Lipinski definition) is 3. The number of rotatable bonds is 3. The van der Waals surface area contributed by atoms with Gasteiger partial charge in [-0.1, -0.05) is 30.7 Å². The molecule has 2 bridgehead atoms. The van der Waals surface area contributed by atoms with Gasteiger partial charge in [0.25, 0.3) is 5.91 Å². The molecule has 2 saturated carbocycles. The summed E-state index contributed by atoms with van der Waals surface area (Å²) in [5.41, 5.74) is 3.62. The maximum absolute atomic E-state index is 12.7. The van der Waals surface area contributed by atoms with Crippen LogP contribution in [0.15, 0.2) is 47.3 Å². The molecule has 1 spiro atoms. The lowest BCUT2D eigenvalue weighted by Gasteiger charge is -2.44. The van der Waals surface area contributed by atoms with Crippen molar-refractivity contribution in [2.45, 2.75) is 62.4 Å². The second-order valence-electron chi connectivity index (χ2n) is 9.89. The highest BCUT2D eigenvalue weighted by Crippen LogP contribution is 2.53. The quantitative estimate of drug-likeness (QED) is 0.828. The summed E-state index contributed by atoms with van der Waals surface area (Å²) in [7, 11) is 0. The first-order chi connectivity index (χ1) is 14.2. The van der Waals surface area contributed by atoms with Gasteiger partial charge in [-0.2, -0.15) is 0 Å². The van der Waals surface area contributed by atoms with Gasteiger partial charge in [-0.3, -0.25) is 4.79 Å². The van der Waals surface area contributed by atoms with E-state index in [-0.39, 0.29) is 17.4 Å². The van der Waals surface area contributed by atoms with Crippen molar-refractivity contribution in [2.24, 2.45) is 11.8 Å². The maximum atomic E-state index is 12.7. The molecule has 2 heterocycles. The molecule has 29 heavy (non-hydrogen) atoms. The smallest absolute Gasteiger partial charge is 0.255 e. The van der Waals surface area contributed by atoms with Gasteiger partial charge in [-0.15, -0.1) is 0 Å². The van der Waals surface area contributed by atoms with Crippen molar-refractivity contribution < 1.29 is 9.21 Å². The minimum absolute atomic E-state index is 0.0324. The maximum Gasteiger partial charge on any atom is 0.255 e. The van der Waals surface area contributed by atoms with Gasteiger partial charge in [0.2, 0.25) is 0 Å². The molecule has 2 aromatic rings. The standard InChI is InChI=1S/C25H30N2O2/c28-24(19-7-12-29-16-19)26-22-15-25(21-4-2-1-3-20(21)22)8-10-27(11-9-25)23-14-17-5-6-18(23)13-17/h1-4,7,12,16-18,22-23H,5-6,8-11,13-15H2,(H,26,28)/t17-,18-,22+,23-/m1/s1. The highest BCUT2D eigenvalue weighted by atomic mass is 16.3. The van der Waals surface area contributed by atoms with Crippen LogP contribution in [0.25, 0.3) is 0 Å². The molecule has 1 aromatic carbocycles. The fourth-order valence-corrected chi connectivity index (χ4v) is 7.07. The predicted molar refractivity (Wildman–Crippen MR) is 112 cm³/mol. The number of carbonyl (C=O) groups excluding carboxylic acids is 1. The second-order valence-corrected chi connectivity index (χ2v) is 9.89. The molecule has 4 atom stereocenters. The summed E-state index contributed by atoms with van der Waals surface area (Å²) in [4.78, 5) is 15.5. The molecule has 4 aliphatic rings. The molecule has 1 saturated heterocycles. The van der Waals surface area contributed by atoms with Crippen molar-refractivity contribution in [1.82, 2.24) is 10.2 Å². The SMILES string of the molecule is O=C(N[C@H]1CC2(CCN([C@@H]3C[C@@H]4CC[C@@H]3C4)CC2)c2ccccc21)c1ccoc1. The molecule has 1 aliphatic heterocycles. The first kappa shape index (κ1) is 17.8. The van der Waals surface area contributed by atoms with Crippen molar-refractivity contribution in [3.8, 4) is 0 Å². The average Bonchev–Trinajstić information content (AvgIpc) is 3.54. The zero-order chi connectivity index (χ0) is 19.4. The Balaban J connectivity index is 1.20.